The number of rotatable bonds is 1. The summed E-state index contributed by atoms with van der Waals surface area (Å²) in [6.07, 6.45) is 0. The SMILES string of the molecule is C[Si](C)(C)[c-]1cccc1.[Ru+2].c1cc[cH-]c1. The Hall–Kier alpha value is -0.460. The minimum Gasteiger partial charge on any atom is -0.214 e. The maximum Gasteiger partial charge on any atom is 2.00 e. The van der Waals surface area contributed by atoms with Crippen LogP contribution in [0.1, 0.15) is 0 Å². The fourth-order valence-corrected chi connectivity index (χ4v) is 2.39. The van der Waals surface area contributed by atoms with Gasteiger partial charge in [0.15, 0.2) is 0 Å². The second-order valence-electron chi connectivity index (χ2n) is 4.39. The van der Waals surface area contributed by atoms with Crippen molar-refractivity contribution in [2.45, 2.75) is 19.6 Å². The monoisotopic (exact) mass is 304 g/mol. The van der Waals surface area contributed by atoms with Crippen molar-refractivity contribution in [2.24, 2.45) is 0 Å². The van der Waals surface area contributed by atoms with Crippen molar-refractivity contribution in [1.29, 1.82) is 0 Å². The van der Waals surface area contributed by atoms with Crippen molar-refractivity contribution in [3.8, 4) is 0 Å². The van der Waals surface area contributed by atoms with Crippen molar-refractivity contribution < 1.29 is 19.5 Å². The van der Waals surface area contributed by atoms with E-state index in [2.05, 4.69) is 43.9 Å². The molecule has 0 radical (unpaired) electrons. The molecule has 0 atom stereocenters. The molecule has 82 valence electrons. The van der Waals surface area contributed by atoms with Gasteiger partial charge in [-0.05, 0) is 0 Å². The summed E-state index contributed by atoms with van der Waals surface area (Å²) in [6.45, 7) is 7.09. The first-order chi connectivity index (χ1) is 6.61. The van der Waals surface area contributed by atoms with Crippen LogP contribution in [0.2, 0.25) is 19.6 Å². The molecule has 15 heavy (non-hydrogen) atoms. The first kappa shape index (κ1) is 14.5. The van der Waals surface area contributed by atoms with E-state index in [-0.39, 0.29) is 19.5 Å². The second-order valence-corrected chi connectivity index (χ2v) is 9.46. The van der Waals surface area contributed by atoms with Crippen molar-refractivity contribution in [1.82, 2.24) is 0 Å². The molecule has 2 rings (SSSR count). The van der Waals surface area contributed by atoms with Crippen LogP contribution in [0.3, 0.4) is 0 Å². The molecule has 0 spiro atoms. The molecule has 0 aliphatic rings. The number of hydrogen-bond acceptors (Lipinski definition) is 0. The van der Waals surface area contributed by atoms with Crippen LogP contribution in [0.15, 0.2) is 54.6 Å². The third-order valence-electron chi connectivity index (χ3n) is 2.08. The van der Waals surface area contributed by atoms with Crippen LogP contribution in [-0.2, 0) is 19.5 Å². The van der Waals surface area contributed by atoms with Gasteiger partial charge in [-0.25, -0.2) is 24.3 Å². The summed E-state index contributed by atoms with van der Waals surface area (Å²) in [4.78, 5) is 0. The zero-order valence-electron chi connectivity index (χ0n) is 9.55. The molecule has 0 bridgehead atoms. The summed E-state index contributed by atoms with van der Waals surface area (Å²) in [6, 6.07) is 18.7. The molecule has 0 fully saturated rings. The Bertz CT molecular complexity index is 297. The first-order valence-corrected chi connectivity index (χ1v) is 8.49. The summed E-state index contributed by atoms with van der Waals surface area (Å²) >= 11 is 0. The predicted octanol–water partition coefficient (Wildman–Crippen LogP) is 3.35. The van der Waals surface area contributed by atoms with Crippen LogP contribution in [0, 0.1) is 0 Å². The predicted molar refractivity (Wildman–Crippen MR) is 67.1 cm³/mol. The van der Waals surface area contributed by atoms with Gasteiger partial charge in [-0.15, -0.1) is 0 Å². The average molecular weight is 303 g/mol. The fraction of sp³-hybridized carbons (Fsp3) is 0.231. The Balaban J connectivity index is 0.000000280. The van der Waals surface area contributed by atoms with Gasteiger partial charge in [0.1, 0.15) is 0 Å². The molecule has 0 unspecified atom stereocenters. The average Bonchev–Trinajstić information content (AvgIpc) is 2.80. The summed E-state index contributed by atoms with van der Waals surface area (Å²) in [5.41, 5.74) is 0. The standard InChI is InChI=1S/C8H13Si.C5H5.Ru/c1-9(2,3)8-6-4-5-7-8;1-2-4-5-3-1;/h4-7H,1-3H3;1-5H;/q2*-1;+2. The van der Waals surface area contributed by atoms with Gasteiger partial charge in [0, 0.05) is 8.07 Å². The molecule has 2 aromatic rings. The molecule has 0 heterocycles. The Morgan fingerprint density at radius 3 is 1.53 bits per heavy atom. The van der Waals surface area contributed by atoms with E-state index >= 15 is 0 Å². The van der Waals surface area contributed by atoms with E-state index < -0.39 is 8.07 Å². The molecule has 0 amide bonds. The zero-order valence-corrected chi connectivity index (χ0v) is 12.3. The molecule has 0 aromatic heterocycles. The van der Waals surface area contributed by atoms with Crippen LogP contribution < -0.4 is 5.19 Å². The normalized spacial score (nSPS) is 9.80. The molecule has 0 saturated heterocycles. The third kappa shape index (κ3) is 5.86. The van der Waals surface area contributed by atoms with E-state index in [1.165, 1.54) is 0 Å². The zero-order chi connectivity index (χ0) is 10.4. The molecule has 0 nitrogen and oxygen atoms in total. The molecule has 0 aliphatic heterocycles. The molecule has 0 aliphatic carbocycles. The molecule has 0 saturated carbocycles. The minimum absolute atomic E-state index is 0. The van der Waals surface area contributed by atoms with Crippen molar-refractivity contribution >= 4 is 13.3 Å². The summed E-state index contributed by atoms with van der Waals surface area (Å²) in [5, 5.41) is 1.56. The van der Waals surface area contributed by atoms with Crippen molar-refractivity contribution in [3.63, 3.8) is 0 Å². The van der Waals surface area contributed by atoms with Crippen LogP contribution in [0.5, 0.6) is 0 Å². The molecular formula is C13H18RuSi. The van der Waals surface area contributed by atoms with E-state index in [1.54, 1.807) is 5.19 Å². The molecule has 2 aromatic carbocycles. The van der Waals surface area contributed by atoms with Crippen LogP contribution >= 0.6 is 0 Å². The summed E-state index contributed by atoms with van der Waals surface area (Å²) < 4.78 is 0. The van der Waals surface area contributed by atoms with Crippen LogP contribution in [-0.4, -0.2) is 8.07 Å². The van der Waals surface area contributed by atoms with E-state index in [1.807, 2.05) is 30.3 Å². The van der Waals surface area contributed by atoms with Gasteiger partial charge in [0.2, 0.25) is 0 Å². The van der Waals surface area contributed by atoms with Gasteiger partial charge in [-0.2, -0.15) is 35.5 Å². The smallest absolute Gasteiger partial charge is 0.214 e. The molecular weight excluding hydrogens is 285 g/mol. The Morgan fingerprint density at radius 1 is 0.867 bits per heavy atom. The topological polar surface area (TPSA) is 0 Å². The van der Waals surface area contributed by atoms with E-state index in [0.717, 1.165) is 0 Å². The Labute approximate surface area is 107 Å². The van der Waals surface area contributed by atoms with Gasteiger partial charge in [0.05, 0.1) is 0 Å². The third-order valence-corrected chi connectivity index (χ3v) is 4.15. The minimum atomic E-state index is -0.981. The van der Waals surface area contributed by atoms with Crippen molar-refractivity contribution in [3.05, 3.63) is 54.6 Å². The van der Waals surface area contributed by atoms with Gasteiger partial charge >= 0.3 is 19.5 Å². The van der Waals surface area contributed by atoms with E-state index in [4.69, 9.17) is 0 Å². The van der Waals surface area contributed by atoms with Gasteiger partial charge in [-0.1, -0.05) is 19.6 Å². The maximum absolute atomic E-state index is 2.36. The van der Waals surface area contributed by atoms with Gasteiger partial charge < -0.3 is 0 Å². The first-order valence-electron chi connectivity index (χ1n) is 4.99. The number of hydrogen-bond donors (Lipinski definition) is 0. The largest absolute Gasteiger partial charge is 2.00 e. The van der Waals surface area contributed by atoms with E-state index in [0.29, 0.717) is 0 Å². The fourth-order valence-electron chi connectivity index (χ4n) is 1.19. The second kappa shape index (κ2) is 6.92. The van der Waals surface area contributed by atoms with E-state index in [9.17, 15) is 0 Å². The van der Waals surface area contributed by atoms with Gasteiger partial charge in [-0.3, -0.25) is 0 Å². The maximum atomic E-state index is 2.36. The molecule has 2 heteroatoms. The Kier molecular flexibility index (Phi) is 6.71. The van der Waals surface area contributed by atoms with Crippen LogP contribution in [0.25, 0.3) is 0 Å². The van der Waals surface area contributed by atoms with Crippen LogP contribution in [0.4, 0.5) is 0 Å². The quantitative estimate of drug-likeness (QED) is 0.560. The molecule has 0 N–H and O–H groups in total. The van der Waals surface area contributed by atoms with Crippen molar-refractivity contribution in [2.75, 3.05) is 0 Å². The van der Waals surface area contributed by atoms with Gasteiger partial charge in [0.25, 0.3) is 0 Å². The summed E-state index contributed by atoms with van der Waals surface area (Å²) in [5.74, 6) is 0. The summed E-state index contributed by atoms with van der Waals surface area (Å²) in [7, 11) is -0.981. The Morgan fingerprint density at radius 2 is 1.33 bits per heavy atom.